The number of H-pyrrole nitrogens is 1. The van der Waals surface area contributed by atoms with E-state index in [4.69, 9.17) is 4.98 Å². The van der Waals surface area contributed by atoms with E-state index in [0.29, 0.717) is 36.9 Å². The van der Waals surface area contributed by atoms with Gasteiger partial charge in [0.05, 0.1) is 28.5 Å². The normalized spacial score (nSPS) is 18.8. The SMILES string of the molecule is Cc1ccc2nc(C)c(C(=O)N3CCC[C@@H]3c3nc4c(c(=O)[nH]3)CCN(C(C)C)C4)cc2c1. The van der Waals surface area contributed by atoms with Gasteiger partial charge in [0.25, 0.3) is 11.5 Å². The van der Waals surface area contributed by atoms with Crippen LogP contribution >= 0.6 is 0 Å². The molecule has 0 spiro atoms. The first-order chi connectivity index (χ1) is 15.8. The third-order valence-electron chi connectivity index (χ3n) is 7.07. The Kier molecular flexibility index (Phi) is 5.52. The molecule has 5 rings (SSSR count). The number of rotatable bonds is 3. The molecule has 7 nitrogen and oxygen atoms in total. The predicted octanol–water partition coefficient (Wildman–Crippen LogP) is 3.68. The van der Waals surface area contributed by atoms with Crippen LogP contribution in [0.1, 0.15) is 71.4 Å². The zero-order chi connectivity index (χ0) is 23.3. The van der Waals surface area contributed by atoms with Gasteiger partial charge in [0.1, 0.15) is 5.82 Å². The van der Waals surface area contributed by atoms with E-state index in [0.717, 1.165) is 52.8 Å². The second kappa shape index (κ2) is 8.37. The Morgan fingerprint density at radius 3 is 2.76 bits per heavy atom. The highest BCUT2D eigenvalue weighted by molar-refractivity contribution is 5.99. The van der Waals surface area contributed by atoms with Crippen LogP contribution in [-0.2, 0) is 13.0 Å². The van der Waals surface area contributed by atoms with Crippen LogP contribution in [0.3, 0.4) is 0 Å². The van der Waals surface area contributed by atoms with Crippen LogP contribution in [0.2, 0.25) is 0 Å². The van der Waals surface area contributed by atoms with E-state index in [1.54, 1.807) is 0 Å². The zero-order valence-corrected chi connectivity index (χ0v) is 19.8. The van der Waals surface area contributed by atoms with Gasteiger partial charge in [-0.3, -0.25) is 19.5 Å². The van der Waals surface area contributed by atoms with Crippen molar-refractivity contribution in [3.8, 4) is 0 Å². The van der Waals surface area contributed by atoms with Gasteiger partial charge in [0.2, 0.25) is 0 Å². The van der Waals surface area contributed by atoms with Crippen LogP contribution in [0, 0.1) is 13.8 Å². The highest BCUT2D eigenvalue weighted by atomic mass is 16.2. The van der Waals surface area contributed by atoms with Gasteiger partial charge in [-0.15, -0.1) is 0 Å². The number of carbonyl (C=O) groups excluding carboxylic acids is 1. The Morgan fingerprint density at radius 1 is 1.15 bits per heavy atom. The number of aryl methyl sites for hydroxylation is 2. The number of likely N-dealkylation sites (tertiary alicyclic amines) is 1. The van der Waals surface area contributed by atoms with Crippen LogP contribution in [-0.4, -0.2) is 49.8 Å². The Morgan fingerprint density at radius 2 is 1.97 bits per heavy atom. The van der Waals surface area contributed by atoms with E-state index in [-0.39, 0.29) is 17.5 Å². The highest BCUT2D eigenvalue weighted by Crippen LogP contribution is 2.32. The molecule has 1 atom stereocenters. The minimum atomic E-state index is -0.225. The van der Waals surface area contributed by atoms with Gasteiger partial charge in [-0.2, -0.15) is 0 Å². The molecule has 0 aliphatic carbocycles. The van der Waals surface area contributed by atoms with Crippen molar-refractivity contribution in [2.45, 2.75) is 65.6 Å². The first-order valence-electron chi connectivity index (χ1n) is 11.9. The van der Waals surface area contributed by atoms with Gasteiger partial charge >= 0.3 is 0 Å². The summed E-state index contributed by atoms with van der Waals surface area (Å²) in [6, 6.07) is 8.21. The van der Waals surface area contributed by atoms with E-state index in [2.05, 4.69) is 34.8 Å². The topological polar surface area (TPSA) is 82.2 Å². The van der Waals surface area contributed by atoms with Gasteiger partial charge in [-0.1, -0.05) is 11.6 Å². The molecule has 0 saturated carbocycles. The molecule has 7 heteroatoms. The third-order valence-corrected chi connectivity index (χ3v) is 7.07. The molecule has 2 aliphatic heterocycles. The number of aromatic nitrogens is 3. The summed E-state index contributed by atoms with van der Waals surface area (Å²) in [5.41, 5.74) is 4.95. The van der Waals surface area contributed by atoms with E-state index >= 15 is 0 Å². The van der Waals surface area contributed by atoms with Crippen molar-refractivity contribution in [3.63, 3.8) is 0 Å². The van der Waals surface area contributed by atoms with Gasteiger partial charge in [-0.05, 0) is 65.2 Å². The molecule has 33 heavy (non-hydrogen) atoms. The van der Waals surface area contributed by atoms with E-state index in [1.807, 2.05) is 36.9 Å². The fraction of sp³-hybridized carbons (Fsp3) is 0.462. The number of benzene rings is 1. The fourth-order valence-corrected chi connectivity index (χ4v) is 5.14. The second-order valence-electron chi connectivity index (χ2n) is 9.66. The Hall–Kier alpha value is -3.06. The van der Waals surface area contributed by atoms with Crippen molar-refractivity contribution in [2.24, 2.45) is 0 Å². The van der Waals surface area contributed by atoms with E-state index < -0.39 is 0 Å². The molecule has 2 aliphatic rings. The molecule has 1 N–H and O–H groups in total. The van der Waals surface area contributed by atoms with Crippen LogP contribution in [0.25, 0.3) is 10.9 Å². The maximum atomic E-state index is 13.7. The number of hydrogen-bond donors (Lipinski definition) is 1. The van der Waals surface area contributed by atoms with Crippen molar-refractivity contribution >= 4 is 16.8 Å². The largest absolute Gasteiger partial charge is 0.328 e. The average molecular weight is 446 g/mol. The molecular weight excluding hydrogens is 414 g/mol. The Labute approximate surface area is 193 Å². The molecule has 1 amide bonds. The number of nitrogens with zero attached hydrogens (tertiary/aromatic N) is 4. The lowest BCUT2D eigenvalue weighted by Crippen LogP contribution is -2.40. The van der Waals surface area contributed by atoms with Crippen molar-refractivity contribution in [1.29, 1.82) is 0 Å². The van der Waals surface area contributed by atoms with Crippen molar-refractivity contribution < 1.29 is 4.79 Å². The van der Waals surface area contributed by atoms with Crippen molar-refractivity contribution in [2.75, 3.05) is 13.1 Å². The van der Waals surface area contributed by atoms with Gasteiger partial charge in [0, 0.05) is 36.6 Å². The molecule has 0 bridgehead atoms. The highest BCUT2D eigenvalue weighted by Gasteiger charge is 2.34. The monoisotopic (exact) mass is 445 g/mol. The number of hydrogen-bond acceptors (Lipinski definition) is 5. The van der Waals surface area contributed by atoms with Crippen LogP contribution in [0.4, 0.5) is 0 Å². The minimum absolute atomic E-state index is 0.0462. The predicted molar refractivity (Wildman–Crippen MR) is 128 cm³/mol. The molecule has 0 unspecified atom stereocenters. The summed E-state index contributed by atoms with van der Waals surface area (Å²) in [5, 5.41) is 0.966. The maximum Gasteiger partial charge on any atom is 0.256 e. The molecule has 1 saturated heterocycles. The van der Waals surface area contributed by atoms with Crippen molar-refractivity contribution in [1.82, 2.24) is 24.8 Å². The molecular formula is C26H31N5O2. The zero-order valence-electron chi connectivity index (χ0n) is 19.8. The first-order valence-corrected chi connectivity index (χ1v) is 11.9. The molecule has 2 aromatic heterocycles. The summed E-state index contributed by atoms with van der Waals surface area (Å²) < 4.78 is 0. The number of aromatic amines is 1. The minimum Gasteiger partial charge on any atom is -0.328 e. The van der Waals surface area contributed by atoms with Crippen LogP contribution < -0.4 is 5.56 Å². The quantitative estimate of drug-likeness (QED) is 0.665. The Bertz CT molecular complexity index is 1300. The maximum absolute atomic E-state index is 13.7. The lowest BCUT2D eigenvalue weighted by molar-refractivity contribution is 0.0728. The second-order valence-corrected chi connectivity index (χ2v) is 9.66. The third kappa shape index (κ3) is 3.95. The lowest BCUT2D eigenvalue weighted by Gasteiger charge is -2.31. The summed E-state index contributed by atoms with van der Waals surface area (Å²) in [5.74, 6) is 0.563. The van der Waals surface area contributed by atoms with Crippen molar-refractivity contribution in [3.05, 3.63) is 68.5 Å². The molecule has 1 fully saturated rings. The molecule has 172 valence electrons. The smallest absolute Gasteiger partial charge is 0.256 e. The van der Waals surface area contributed by atoms with Crippen LogP contribution in [0.15, 0.2) is 29.1 Å². The Balaban J connectivity index is 1.49. The number of fused-ring (bicyclic) bond motifs is 2. The summed E-state index contributed by atoms with van der Waals surface area (Å²) >= 11 is 0. The summed E-state index contributed by atoms with van der Waals surface area (Å²) in [6.07, 6.45) is 2.39. The van der Waals surface area contributed by atoms with E-state index in [1.165, 1.54) is 0 Å². The molecule has 3 aromatic rings. The molecule has 4 heterocycles. The summed E-state index contributed by atoms with van der Waals surface area (Å²) in [4.78, 5) is 43.3. The lowest BCUT2D eigenvalue weighted by atomic mass is 10.0. The standard InChI is InChI=1S/C26H31N5O2/c1-15(2)30-11-9-19-22(14-30)28-24(29-25(19)32)23-6-5-10-31(23)26(33)20-13-18-12-16(3)7-8-21(18)27-17(20)4/h7-8,12-13,15,23H,5-6,9-11,14H2,1-4H3,(H,28,29,32)/t23-/m1/s1. The number of carbonyl (C=O) groups is 1. The van der Waals surface area contributed by atoms with Gasteiger partial charge < -0.3 is 9.88 Å². The number of pyridine rings is 1. The number of amides is 1. The van der Waals surface area contributed by atoms with E-state index in [9.17, 15) is 9.59 Å². The van der Waals surface area contributed by atoms with Gasteiger partial charge in [0.15, 0.2) is 0 Å². The van der Waals surface area contributed by atoms with Gasteiger partial charge in [-0.25, -0.2) is 4.98 Å². The fourth-order valence-electron chi connectivity index (χ4n) is 5.14. The first kappa shape index (κ1) is 21.8. The molecule has 1 aromatic carbocycles. The molecule has 0 radical (unpaired) electrons. The summed E-state index contributed by atoms with van der Waals surface area (Å²) in [7, 11) is 0. The summed E-state index contributed by atoms with van der Waals surface area (Å²) in [6.45, 7) is 10.4. The average Bonchev–Trinajstić information content (AvgIpc) is 3.28. The number of nitrogens with one attached hydrogen (secondary N) is 1. The van der Waals surface area contributed by atoms with Crippen LogP contribution in [0.5, 0.6) is 0 Å².